The van der Waals surface area contributed by atoms with Crippen LogP contribution in [0.1, 0.15) is 0 Å². The zero-order valence-electron chi connectivity index (χ0n) is 5.71. The summed E-state index contributed by atoms with van der Waals surface area (Å²) in [5.74, 6) is -0.494. The second kappa shape index (κ2) is 2.41. The van der Waals surface area contributed by atoms with Crippen molar-refractivity contribution in [1.29, 1.82) is 0 Å². The maximum absolute atomic E-state index is 12.9. The van der Waals surface area contributed by atoms with Gasteiger partial charge in [-0.2, -0.15) is 5.10 Å². The summed E-state index contributed by atoms with van der Waals surface area (Å²) in [5, 5.41) is 5.85. The van der Waals surface area contributed by atoms with E-state index in [2.05, 4.69) is 26.1 Å². The fourth-order valence-corrected chi connectivity index (χ4v) is 1.21. The number of fused-ring (bicyclic) bond motifs is 1. The van der Waals surface area contributed by atoms with Crippen LogP contribution in [0.5, 0.6) is 0 Å². The lowest BCUT2D eigenvalue weighted by Gasteiger charge is -1.93. The second-order valence-corrected chi connectivity index (χ2v) is 3.08. The molecule has 62 valence electrons. The minimum atomic E-state index is -0.494. The quantitative estimate of drug-likeness (QED) is 0.734. The summed E-state index contributed by atoms with van der Waals surface area (Å²) in [6.07, 6.45) is 1.07. The molecule has 2 aromatic rings. The van der Waals surface area contributed by atoms with Crippen LogP contribution in [0.2, 0.25) is 0 Å². The van der Waals surface area contributed by atoms with E-state index >= 15 is 0 Å². The number of hydrogen-bond donors (Lipinski definition) is 1. The van der Waals surface area contributed by atoms with Crippen molar-refractivity contribution >= 4 is 21.6 Å². The minimum Gasteiger partial charge on any atom is -0.247 e. The number of nitrogens with one attached hydrogen (secondary N) is 1. The standard InChI is InChI=1S/C6H3BrFN3O/c7-3-1-5-9-10-6(12)11(5)2-4(3)8/h1-2H,(H,10,12). The maximum Gasteiger partial charge on any atom is 0.347 e. The van der Waals surface area contributed by atoms with Crippen molar-refractivity contribution in [3.05, 3.63) is 33.0 Å². The molecule has 2 rings (SSSR count). The fraction of sp³-hybridized carbons (Fsp3) is 0. The second-order valence-electron chi connectivity index (χ2n) is 2.23. The topological polar surface area (TPSA) is 50.2 Å². The summed E-state index contributed by atoms with van der Waals surface area (Å²) < 4.78 is 14.2. The molecule has 6 heteroatoms. The normalized spacial score (nSPS) is 10.8. The van der Waals surface area contributed by atoms with E-state index < -0.39 is 11.5 Å². The first kappa shape index (κ1) is 7.48. The van der Waals surface area contributed by atoms with E-state index in [9.17, 15) is 9.18 Å². The molecule has 12 heavy (non-hydrogen) atoms. The molecule has 2 heterocycles. The Kier molecular flexibility index (Phi) is 1.50. The van der Waals surface area contributed by atoms with Crippen molar-refractivity contribution in [1.82, 2.24) is 14.6 Å². The molecule has 0 amide bonds. The van der Waals surface area contributed by atoms with Gasteiger partial charge in [0.15, 0.2) is 11.5 Å². The highest BCUT2D eigenvalue weighted by Crippen LogP contribution is 2.14. The van der Waals surface area contributed by atoms with Crippen LogP contribution >= 0.6 is 15.9 Å². The van der Waals surface area contributed by atoms with Gasteiger partial charge in [-0.3, -0.25) is 0 Å². The van der Waals surface area contributed by atoms with Gasteiger partial charge in [-0.15, -0.1) is 0 Å². The lowest BCUT2D eigenvalue weighted by atomic mass is 10.4. The van der Waals surface area contributed by atoms with Crippen LogP contribution in [-0.2, 0) is 0 Å². The Morgan fingerprint density at radius 3 is 3.17 bits per heavy atom. The molecule has 0 bridgehead atoms. The van der Waals surface area contributed by atoms with Gasteiger partial charge in [-0.05, 0) is 15.9 Å². The lowest BCUT2D eigenvalue weighted by Crippen LogP contribution is -2.09. The minimum absolute atomic E-state index is 0.286. The van der Waals surface area contributed by atoms with E-state index in [1.807, 2.05) is 0 Å². The average Bonchev–Trinajstić information content (AvgIpc) is 2.35. The highest BCUT2D eigenvalue weighted by atomic mass is 79.9. The zero-order chi connectivity index (χ0) is 8.72. The molecule has 0 aliphatic heterocycles. The molecule has 0 radical (unpaired) electrons. The van der Waals surface area contributed by atoms with Gasteiger partial charge < -0.3 is 0 Å². The third-order valence-corrected chi connectivity index (χ3v) is 2.07. The SMILES string of the molecule is O=c1[nH]nc2cc(Br)c(F)cn12. The molecule has 0 unspecified atom stereocenters. The monoisotopic (exact) mass is 231 g/mol. The van der Waals surface area contributed by atoms with Crippen LogP contribution in [0, 0.1) is 5.82 Å². The van der Waals surface area contributed by atoms with Gasteiger partial charge in [0.1, 0.15) is 0 Å². The molecule has 0 fully saturated rings. The van der Waals surface area contributed by atoms with Crippen molar-refractivity contribution in [2.75, 3.05) is 0 Å². The summed E-state index contributed by atoms with van der Waals surface area (Å²) in [6, 6.07) is 1.42. The molecule has 2 aromatic heterocycles. The van der Waals surface area contributed by atoms with E-state index in [4.69, 9.17) is 0 Å². The summed E-state index contributed by atoms with van der Waals surface area (Å²) in [6.45, 7) is 0. The Morgan fingerprint density at radius 1 is 1.67 bits per heavy atom. The molecular weight excluding hydrogens is 229 g/mol. The van der Waals surface area contributed by atoms with Crippen molar-refractivity contribution in [2.24, 2.45) is 0 Å². The molecule has 4 nitrogen and oxygen atoms in total. The van der Waals surface area contributed by atoms with Crippen LogP contribution in [0.4, 0.5) is 4.39 Å². The highest BCUT2D eigenvalue weighted by molar-refractivity contribution is 9.10. The zero-order valence-corrected chi connectivity index (χ0v) is 7.30. The van der Waals surface area contributed by atoms with E-state index in [1.165, 1.54) is 6.07 Å². The van der Waals surface area contributed by atoms with Gasteiger partial charge in [0, 0.05) is 6.07 Å². The molecule has 0 atom stereocenters. The van der Waals surface area contributed by atoms with Gasteiger partial charge in [-0.1, -0.05) is 0 Å². The molecule has 0 aliphatic rings. The highest BCUT2D eigenvalue weighted by Gasteiger charge is 2.04. The third-order valence-electron chi connectivity index (χ3n) is 1.46. The molecule has 0 saturated heterocycles. The van der Waals surface area contributed by atoms with Crippen molar-refractivity contribution in [3.8, 4) is 0 Å². The van der Waals surface area contributed by atoms with Crippen molar-refractivity contribution < 1.29 is 4.39 Å². The number of aromatic nitrogens is 3. The van der Waals surface area contributed by atoms with Gasteiger partial charge in [0.25, 0.3) is 0 Å². The molecule has 0 saturated carbocycles. The van der Waals surface area contributed by atoms with Crippen LogP contribution in [0.15, 0.2) is 21.5 Å². The number of pyridine rings is 1. The fourth-order valence-electron chi connectivity index (χ4n) is 0.901. The molecular formula is C6H3BrFN3O. The number of H-pyrrole nitrogens is 1. The van der Waals surface area contributed by atoms with E-state index in [1.54, 1.807) is 0 Å². The Labute approximate surface area is 74.2 Å². The van der Waals surface area contributed by atoms with Crippen LogP contribution in [-0.4, -0.2) is 14.6 Å². The third kappa shape index (κ3) is 0.953. The van der Waals surface area contributed by atoms with Crippen molar-refractivity contribution in [3.63, 3.8) is 0 Å². The average molecular weight is 232 g/mol. The summed E-state index contributed by atoms with van der Waals surface area (Å²) in [7, 11) is 0. The number of nitrogens with zero attached hydrogens (tertiary/aromatic N) is 2. The Hall–Kier alpha value is -1.17. The number of hydrogen-bond acceptors (Lipinski definition) is 2. The molecule has 0 spiro atoms. The van der Waals surface area contributed by atoms with Gasteiger partial charge in [0.2, 0.25) is 0 Å². The van der Waals surface area contributed by atoms with Crippen LogP contribution in [0.3, 0.4) is 0 Å². The van der Waals surface area contributed by atoms with Gasteiger partial charge in [-0.25, -0.2) is 18.7 Å². The molecule has 0 aliphatic carbocycles. The smallest absolute Gasteiger partial charge is 0.247 e. The van der Waals surface area contributed by atoms with Crippen LogP contribution < -0.4 is 5.69 Å². The largest absolute Gasteiger partial charge is 0.347 e. The van der Waals surface area contributed by atoms with Gasteiger partial charge >= 0.3 is 5.69 Å². The Morgan fingerprint density at radius 2 is 2.42 bits per heavy atom. The van der Waals surface area contributed by atoms with E-state index in [-0.39, 0.29) is 4.47 Å². The number of rotatable bonds is 0. The lowest BCUT2D eigenvalue weighted by molar-refractivity contribution is 0.611. The number of halogens is 2. The van der Waals surface area contributed by atoms with Crippen molar-refractivity contribution in [2.45, 2.75) is 0 Å². The summed E-state index contributed by atoms with van der Waals surface area (Å²) >= 11 is 2.98. The first-order valence-corrected chi connectivity index (χ1v) is 3.89. The molecule has 1 N–H and O–H groups in total. The Balaban J connectivity index is 2.97. The summed E-state index contributed by atoms with van der Waals surface area (Å²) in [4.78, 5) is 10.9. The predicted molar refractivity (Wildman–Crippen MR) is 43.5 cm³/mol. The first-order valence-electron chi connectivity index (χ1n) is 3.10. The van der Waals surface area contributed by atoms with E-state index in [0.29, 0.717) is 5.65 Å². The molecule has 0 aromatic carbocycles. The summed E-state index contributed by atoms with van der Waals surface area (Å²) in [5.41, 5.74) is -0.0651. The maximum atomic E-state index is 12.9. The Bertz CT molecular complexity index is 489. The van der Waals surface area contributed by atoms with Crippen LogP contribution in [0.25, 0.3) is 5.65 Å². The first-order chi connectivity index (χ1) is 5.68. The van der Waals surface area contributed by atoms with E-state index in [0.717, 1.165) is 10.6 Å². The predicted octanol–water partition coefficient (Wildman–Crippen LogP) is 0.924. The van der Waals surface area contributed by atoms with Gasteiger partial charge in [0.05, 0.1) is 10.7 Å². The number of aromatic amines is 1.